The number of nitrogens with one attached hydrogen (secondary N) is 3. The topological polar surface area (TPSA) is 81.1 Å². The number of hydrogen-bond donors (Lipinski definition) is 3. The Morgan fingerprint density at radius 3 is 2.96 bits per heavy atom. The normalized spacial score (nSPS) is 32.4. The van der Waals surface area contributed by atoms with Crippen LogP contribution in [0, 0.1) is 0 Å². The third-order valence-electron chi connectivity index (χ3n) is 4.07. The number of guanidine groups is 1. The Bertz CT molecular complexity index is 646. The van der Waals surface area contributed by atoms with Gasteiger partial charge in [-0.3, -0.25) is 15.1 Å². The Morgan fingerprint density at radius 1 is 1.44 bits per heavy atom. The van der Waals surface area contributed by atoms with Crippen molar-refractivity contribution in [1.29, 1.82) is 0 Å². The van der Waals surface area contributed by atoms with Crippen LogP contribution < -0.4 is 16.2 Å². The van der Waals surface area contributed by atoms with E-state index >= 15 is 0 Å². The zero-order valence-corrected chi connectivity index (χ0v) is 15.7. The molecule has 25 heavy (non-hydrogen) atoms. The van der Waals surface area contributed by atoms with Crippen molar-refractivity contribution in [2.75, 3.05) is 26.2 Å². The van der Waals surface area contributed by atoms with Gasteiger partial charge >= 0.3 is 0 Å². The summed E-state index contributed by atoms with van der Waals surface area (Å²) < 4.78 is 15.0. The molecule has 0 radical (unpaired) electrons. The van der Waals surface area contributed by atoms with Crippen LogP contribution in [0.3, 0.4) is 0 Å². The van der Waals surface area contributed by atoms with Crippen LogP contribution in [0.5, 0.6) is 0 Å². The van der Waals surface area contributed by atoms with E-state index in [2.05, 4.69) is 42.1 Å². The van der Waals surface area contributed by atoms with Crippen molar-refractivity contribution in [3.63, 3.8) is 0 Å². The van der Waals surface area contributed by atoms with Crippen molar-refractivity contribution in [2.45, 2.75) is 24.1 Å². The molecule has 3 rings (SSSR count). The van der Waals surface area contributed by atoms with E-state index in [0.717, 1.165) is 30.7 Å². The molecule has 0 saturated carbocycles. The highest BCUT2D eigenvalue weighted by atomic mass is 79.9. The molecule has 3 N–H and O–H groups in total. The molecule has 2 heterocycles. The number of allylic oxidation sites excluding steroid dienone is 3. The molecule has 136 valence electrons. The number of carbonyl (C=O) groups excluding carboxylic acids is 1. The first-order valence-corrected chi connectivity index (χ1v) is 9.24. The molecule has 0 aromatic carbocycles. The van der Waals surface area contributed by atoms with Crippen molar-refractivity contribution in [3.05, 3.63) is 22.3 Å². The van der Waals surface area contributed by atoms with Crippen molar-refractivity contribution < 1.29 is 9.18 Å². The van der Waals surface area contributed by atoms with Gasteiger partial charge in [-0.25, -0.2) is 14.4 Å². The second-order valence-electron chi connectivity index (χ2n) is 5.87. The lowest BCUT2D eigenvalue weighted by atomic mass is 10.0. The van der Waals surface area contributed by atoms with Crippen LogP contribution in [0.1, 0.15) is 6.42 Å². The molecule has 0 aromatic rings. The highest BCUT2D eigenvalue weighted by Gasteiger charge is 2.30. The molecule has 1 fully saturated rings. The number of hydrazine groups is 1. The van der Waals surface area contributed by atoms with Crippen LogP contribution in [0.2, 0.25) is 0 Å². The van der Waals surface area contributed by atoms with E-state index in [1.165, 1.54) is 12.4 Å². The maximum atomic E-state index is 14.1. The number of hydrogen-bond acceptors (Lipinski definition) is 7. The fraction of sp³-hybridized carbons (Fsp3) is 0.533. The zero-order chi connectivity index (χ0) is 17.8. The molecule has 3 atom stereocenters. The molecule has 0 bridgehead atoms. The summed E-state index contributed by atoms with van der Waals surface area (Å²) in [6, 6.07) is 0. The molecule has 3 aliphatic rings. The molecule has 7 nitrogen and oxygen atoms in total. The van der Waals surface area contributed by atoms with Gasteiger partial charge in [0.05, 0.1) is 0 Å². The Morgan fingerprint density at radius 2 is 2.20 bits per heavy atom. The van der Waals surface area contributed by atoms with Gasteiger partial charge in [0.25, 0.3) is 0 Å². The quantitative estimate of drug-likeness (QED) is 0.349. The molecule has 0 amide bonds. The average Bonchev–Trinajstić information content (AvgIpc) is 2.61. The maximum absolute atomic E-state index is 14.1. The standard InChI is InChI=1S/C15H19BrClFN6O/c16-10-5-9(13(25)11(17)6-10)7-21-23-15-20-8-12(18)14(22-15)24-3-1-19-2-4-24/h5,7-8,11-12,14,19,21H,1-4,6H2,(H,22,23). The van der Waals surface area contributed by atoms with E-state index in [4.69, 9.17) is 11.6 Å². The Kier molecular flexibility index (Phi) is 6.21. The van der Waals surface area contributed by atoms with E-state index in [-0.39, 0.29) is 11.7 Å². The van der Waals surface area contributed by atoms with Crippen LogP contribution in [0.25, 0.3) is 0 Å². The molecule has 0 aromatic heterocycles. The lowest BCUT2D eigenvalue weighted by Gasteiger charge is -2.34. The van der Waals surface area contributed by atoms with Crippen LogP contribution in [0.4, 0.5) is 4.39 Å². The largest absolute Gasteiger partial charge is 0.314 e. The number of Topliss-reactive ketones (excluding diaryl/α,β-unsaturated/α-hetero) is 1. The van der Waals surface area contributed by atoms with E-state index in [1.54, 1.807) is 6.08 Å². The highest BCUT2D eigenvalue weighted by molar-refractivity contribution is 9.11. The third-order valence-corrected chi connectivity index (χ3v) is 4.98. The molecular formula is C15H19BrClFN6O. The van der Waals surface area contributed by atoms with Crippen LogP contribution in [0.15, 0.2) is 32.3 Å². The number of ketones is 1. The fourth-order valence-electron chi connectivity index (χ4n) is 2.78. The smallest absolute Gasteiger partial charge is 0.238 e. The summed E-state index contributed by atoms with van der Waals surface area (Å²) in [6.07, 6.45) is 3.10. The number of halogens is 3. The minimum Gasteiger partial charge on any atom is -0.314 e. The summed E-state index contributed by atoms with van der Waals surface area (Å²) in [4.78, 5) is 22.3. The molecule has 0 spiro atoms. The highest BCUT2D eigenvalue weighted by Crippen LogP contribution is 2.26. The van der Waals surface area contributed by atoms with Gasteiger partial charge in [-0.2, -0.15) is 0 Å². The number of aliphatic imine (C=N–C) groups is 2. The maximum Gasteiger partial charge on any atom is 0.238 e. The summed E-state index contributed by atoms with van der Waals surface area (Å²) in [5, 5.41) is 2.65. The van der Waals surface area contributed by atoms with Gasteiger partial charge < -0.3 is 10.7 Å². The van der Waals surface area contributed by atoms with Crippen molar-refractivity contribution in [2.24, 2.45) is 9.98 Å². The predicted molar refractivity (Wildman–Crippen MR) is 99.7 cm³/mol. The summed E-state index contributed by atoms with van der Waals surface area (Å²) in [6.45, 7) is 3.09. The summed E-state index contributed by atoms with van der Waals surface area (Å²) in [7, 11) is 0. The van der Waals surface area contributed by atoms with Crippen LogP contribution >= 0.6 is 27.5 Å². The lowest BCUT2D eigenvalue weighted by Crippen LogP contribution is -2.53. The molecule has 2 aliphatic heterocycles. The van der Waals surface area contributed by atoms with Gasteiger partial charge in [0.2, 0.25) is 5.96 Å². The van der Waals surface area contributed by atoms with E-state index in [0.29, 0.717) is 12.0 Å². The minimum absolute atomic E-state index is 0.157. The van der Waals surface area contributed by atoms with Crippen molar-refractivity contribution in [3.8, 4) is 0 Å². The number of carbonyl (C=O) groups is 1. The SMILES string of the molecule is O=C1C(=CNNC2=NC(N3CCNCC3)C(F)C=N2)C=C(Br)CC1Cl. The molecule has 1 saturated heterocycles. The first kappa shape index (κ1) is 18.5. The predicted octanol–water partition coefficient (Wildman–Crippen LogP) is 0.833. The van der Waals surface area contributed by atoms with E-state index in [9.17, 15) is 9.18 Å². The summed E-state index contributed by atoms with van der Waals surface area (Å²) in [5.41, 5.74) is 6.00. The monoisotopic (exact) mass is 432 g/mol. The lowest BCUT2D eigenvalue weighted by molar-refractivity contribution is -0.115. The first-order valence-electron chi connectivity index (χ1n) is 8.01. The van der Waals surface area contributed by atoms with Gasteiger partial charge in [0.15, 0.2) is 12.0 Å². The van der Waals surface area contributed by atoms with E-state index < -0.39 is 17.7 Å². The third kappa shape index (κ3) is 4.66. The summed E-state index contributed by atoms with van der Waals surface area (Å²) in [5.74, 6) is 0.110. The average molecular weight is 434 g/mol. The Labute approximate surface area is 158 Å². The molecule has 10 heteroatoms. The second-order valence-corrected chi connectivity index (χ2v) is 7.42. The van der Waals surface area contributed by atoms with Gasteiger partial charge in [-0.05, 0) is 10.6 Å². The van der Waals surface area contributed by atoms with Gasteiger partial charge in [0.1, 0.15) is 11.5 Å². The Hall–Kier alpha value is -1.29. The fourth-order valence-corrected chi connectivity index (χ4v) is 3.83. The minimum atomic E-state index is -1.24. The summed E-state index contributed by atoms with van der Waals surface area (Å²) >= 11 is 9.36. The van der Waals surface area contributed by atoms with Crippen molar-refractivity contribution in [1.82, 2.24) is 21.1 Å². The van der Waals surface area contributed by atoms with Gasteiger partial charge in [-0.15, -0.1) is 11.6 Å². The first-order chi connectivity index (χ1) is 12.0. The number of alkyl halides is 2. The molecular weight excluding hydrogens is 415 g/mol. The van der Waals surface area contributed by atoms with Crippen LogP contribution in [-0.2, 0) is 4.79 Å². The zero-order valence-electron chi connectivity index (χ0n) is 13.4. The number of rotatable bonds is 3. The number of nitrogens with zero attached hydrogens (tertiary/aromatic N) is 3. The Balaban J connectivity index is 1.62. The van der Waals surface area contributed by atoms with Crippen molar-refractivity contribution >= 4 is 45.5 Å². The van der Waals surface area contributed by atoms with Gasteiger partial charge in [-0.1, -0.05) is 15.9 Å². The second kappa shape index (κ2) is 8.39. The molecule has 1 aliphatic carbocycles. The van der Waals surface area contributed by atoms with Crippen LogP contribution in [-0.4, -0.2) is 66.8 Å². The van der Waals surface area contributed by atoms with Gasteiger partial charge in [0, 0.05) is 50.6 Å². The van der Waals surface area contributed by atoms with E-state index in [1.807, 2.05) is 4.90 Å². The number of piperazine rings is 1. The molecule has 3 unspecified atom stereocenters.